The summed E-state index contributed by atoms with van der Waals surface area (Å²) in [6.07, 6.45) is 0. The number of hydrogen-bond donors (Lipinski definition) is 3. The molecule has 0 saturated heterocycles. The van der Waals surface area contributed by atoms with Gasteiger partial charge in [0.05, 0.1) is 12.3 Å². The number of carbonyl (C=O) groups is 2. The number of hydrogen-bond acceptors (Lipinski definition) is 4. The summed E-state index contributed by atoms with van der Waals surface area (Å²) in [5.74, 6) is -0.778. The van der Waals surface area contributed by atoms with Crippen LogP contribution in [0.25, 0.3) is 0 Å². The van der Waals surface area contributed by atoms with Crippen molar-refractivity contribution in [3.05, 3.63) is 36.5 Å². The van der Waals surface area contributed by atoms with Crippen LogP contribution in [0.5, 0.6) is 5.75 Å². The number of rotatable bonds is 4. The highest BCUT2D eigenvalue weighted by atomic mass is 16.5. The predicted octanol–water partition coefficient (Wildman–Crippen LogP) is 1.59. The highest BCUT2D eigenvalue weighted by molar-refractivity contribution is 5.98. The second kappa shape index (κ2) is 6.29. The molecule has 0 radical (unpaired) electrons. The highest BCUT2D eigenvalue weighted by Crippen LogP contribution is 2.21. The molecule has 1 aromatic rings. The smallest absolute Gasteiger partial charge is 0.354 e. The zero-order chi connectivity index (χ0) is 13.5. The fraction of sp³-hybridized carbons (Fsp3) is 0.167. The summed E-state index contributed by atoms with van der Waals surface area (Å²) >= 11 is 0. The third-order valence-corrected chi connectivity index (χ3v) is 1.94. The third kappa shape index (κ3) is 3.82. The Kier molecular flexibility index (Phi) is 4.74. The highest BCUT2D eigenvalue weighted by Gasteiger charge is 2.12. The van der Waals surface area contributed by atoms with Gasteiger partial charge in [0, 0.05) is 0 Å². The first-order valence-electron chi connectivity index (χ1n) is 5.26. The minimum atomic E-state index is -0.704. The minimum absolute atomic E-state index is 0.0746. The second-order valence-corrected chi connectivity index (χ2v) is 3.30. The normalized spacial score (nSPS) is 9.39. The molecule has 2 amide bonds. The number of nitrogens with one attached hydrogen (secondary N) is 2. The van der Waals surface area contributed by atoms with Gasteiger partial charge in [0.25, 0.3) is 0 Å². The van der Waals surface area contributed by atoms with E-state index in [1.165, 1.54) is 12.1 Å². The minimum Gasteiger partial charge on any atom is -0.506 e. The first kappa shape index (κ1) is 13.6. The summed E-state index contributed by atoms with van der Waals surface area (Å²) < 4.78 is 4.65. The lowest BCUT2D eigenvalue weighted by Crippen LogP contribution is -2.31. The Morgan fingerprint density at radius 2 is 2.06 bits per heavy atom. The second-order valence-electron chi connectivity index (χ2n) is 3.30. The van der Waals surface area contributed by atoms with E-state index in [1.54, 1.807) is 19.1 Å². The molecule has 0 aromatic heterocycles. The Bertz CT molecular complexity index is 471. The quantitative estimate of drug-likeness (QED) is 0.430. The molecule has 96 valence electrons. The topological polar surface area (TPSA) is 87.7 Å². The van der Waals surface area contributed by atoms with Gasteiger partial charge in [-0.05, 0) is 19.1 Å². The maximum absolute atomic E-state index is 11.5. The van der Waals surface area contributed by atoms with E-state index in [9.17, 15) is 14.7 Å². The lowest BCUT2D eigenvalue weighted by Gasteiger charge is -2.09. The van der Waals surface area contributed by atoms with Crippen LogP contribution in [0.1, 0.15) is 6.92 Å². The molecular weight excluding hydrogens is 236 g/mol. The number of aromatic hydroxyl groups is 1. The molecule has 0 unspecified atom stereocenters. The number of urea groups is 1. The molecule has 6 nitrogen and oxygen atoms in total. The Morgan fingerprint density at radius 1 is 1.39 bits per heavy atom. The van der Waals surface area contributed by atoms with Crippen LogP contribution in [0.15, 0.2) is 36.5 Å². The third-order valence-electron chi connectivity index (χ3n) is 1.94. The molecule has 1 aromatic carbocycles. The number of benzene rings is 1. The number of phenolic OH excluding ortho intramolecular Hbond substituents is 1. The van der Waals surface area contributed by atoms with Crippen LogP contribution in [-0.2, 0) is 9.53 Å². The van der Waals surface area contributed by atoms with Crippen LogP contribution in [0.2, 0.25) is 0 Å². The standard InChI is InChI=1S/C12H14N2O4/c1-3-18-11(16)8(2)13-12(17)14-9-6-4-5-7-10(9)15/h4-7,15H,2-3H2,1H3,(H2,13,14,17). The van der Waals surface area contributed by atoms with E-state index in [-0.39, 0.29) is 23.7 Å². The van der Waals surface area contributed by atoms with Crippen molar-refractivity contribution in [2.45, 2.75) is 6.92 Å². The first-order valence-corrected chi connectivity index (χ1v) is 5.26. The molecule has 1 rings (SSSR count). The fourth-order valence-electron chi connectivity index (χ4n) is 1.14. The SMILES string of the molecule is C=C(NC(=O)Nc1ccccc1O)C(=O)OCC. The zero-order valence-corrected chi connectivity index (χ0v) is 9.90. The van der Waals surface area contributed by atoms with Crippen LogP contribution < -0.4 is 10.6 Å². The van der Waals surface area contributed by atoms with Gasteiger partial charge in [0.1, 0.15) is 11.4 Å². The van der Waals surface area contributed by atoms with Gasteiger partial charge in [0.15, 0.2) is 0 Å². The first-order chi connectivity index (χ1) is 8.54. The lowest BCUT2D eigenvalue weighted by atomic mass is 10.3. The van der Waals surface area contributed by atoms with Crippen molar-refractivity contribution >= 4 is 17.7 Å². The summed E-state index contributed by atoms with van der Waals surface area (Å²) in [4.78, 5) is 22.7. The molecule has 0 atom stereocenters. The van der Waals surface area contributed by atoms with Gasteiger partial charge < -0.3 is 20.5 Å². The molecule has 0 fully saturated rings. The molecule has 0 bridgehead atoms. The van der Waals surface area contributed by atoms with E-state index < -0.39 is 12.0 Å². The number of ether oxygens (including phenoxy) is 1. The number of anilines is 1. The van der Waals surface area contributed by atoms with Gasteiger partial charge in [-0.15, -0.1) is 0 Å². The van der Waals surface area contributed by atoms with E-state index in [0.29, 0.717) is 0 Å². The Morgan fingerprint density at radius 3 is 2.67 bits per heavy atom. The van der Waals surface area contributed by atoms with Crippen LogP contribution in [0, 0.1) is 0 Å². The van der Waals surface area contributed by atoms with Gasteiger partial charge >= 0.3 is 12.0 Å². The Balaban J connectivity index is 2.55. The summed E-state index contributed by atoms with van der Waals surface area (Å²) in [6.45, 7) is 5.21. The molecule has 0 spiro atoms. The van der Waals surface area contributed by atoms with Crippen molar-refractivity contribution in [3.8, 4) is 5.75 Å². The lowest BCUT2D eigenvalue weighted by molar-refractivity contribution is -0.138. The van der Waals surface area contributed by atoms with Gasteiger partial charge in [-0.1, -0.05) is 18.7 Å². The number of amides is 2. The van der Waals surface area contributed by atoms with E-state index >= 15 is 0 Å². The predicted molar refractivity (Wildman–Crippen MR) is 66.0 cm³/mol. The Labute approximate surface area is 104 Å². The number of para-hydroxylation sites is 2. The molecule has 18 heavy (non-hydrogen) atoms. The molecule has 0 aliphatic carbocycles. The van der Waals surface area contributed by atoms with E-state index in [2.05, 4.69) is 21.9 Å². The van der Waals surface area contributed by atoms with Crippen LogP contribution >= 0.6 is 0 Å². The number of esters is 1. The number of phenols is 1. The van der Waals surface area contributed by atoms with Gasteiger partial charge in [-0.25, -0.2) is 9.59 Å². The summed E-state index contributed by atoms with van der Waals surface area (Å²) in [5.41, 5.74) is 0.0522. The monoisotopic (exact) mass is 250 g/mol. The van der Waals surface area contributed by atoms with Crippen LogP contribution in [0.3, 0.4) is 0 Å². The molecule has 3 N–H and O–H groups in total. The van der Waals surface area contributed by atoms with Crippen molar-refractivity contribution in [3.63, 3.8) is 0 Å². The fourth-order valence-corrected chi connectivity index (χ4v) is 1.14. The average molecular weight is 250 g/mol. The van der Waals surface area contributed by atoms with Crippen molar-refractivity contribution in [1.29, 1.82) is 0 Å². The summed E-state index contributed by atoms with van der Waals surface area (Å²) in [6, 6.07) is 5.53. The van der Waals surface area contributed by atoms with Gasteiger partial charge in [0.2, 0.25) is 0 Å². The van der Waals surface area contributed by atoms with E-state index in [1.807, 2.05) is 0 Å². The van der Waals surface area contributed by atoms with Gasteiger partial charge in [-0.3, -0.25) is 0 Å². The van der Waals surface area contributed by atoms with Gasteiger partial charge in [-0.2, -0.15) is 0 Å². The summed E-state index contributed by atoms with van der Waals surface area (Å²) in [7, 11) is 0. The molecule has 0 saturated carbocycles. The number of carbonyl (C=O) groups excluding carboxylic acids is 2. The maximum Gasteiger partial charge on any atom is 0.354 e. The molecule has 6 heteroatoms. The maximum atomic E-state index is 11.5. The van der Waals surface area contributed by atoms with Crippen LogP contribution in [-0.4, -0.2) is 23.7 Å². The van der Waals surface area contributed by atoms with E-state index in [0.717, 1.165) is 0 Å². The average Bonchev–Trinajstić information content (AvgIpc) is 2.32. The van der Waals surface area contributed by atoms with Crippen molar-refractivity contribution in [2.75, 3.05) is 11.9 Å². The van der Waals surface area contributed by atoms with Crippen molar-refractivity contribution < 1.29 is 19.4 Å². The molecule has 0 heterocycles. The van der Waals surface area contributed by atoms with Crippen molar-refractivity contribution in [2.24, 2.45) is 0 Å². The zero-order valence-electron chi connectivity index (χ0n) is 9.90. The van der Waals surface area contributed by atoms with Crippen LogP contribution in [0.4, 0.5) is 10.5 Å². The molecule has 0 aliphatic rings. The molecular formula is C12H14N2O4. The summed E-state index contributed by atoms with van der Waals surface area (Å²) in [5, 5.41) is 14.0. The Hall–Kier alpha value is -2.50. The largest absolute Gasteiger partial charge is 0.506 e. The molecule has 0 aliphatic heterocycles. The van der Waals surface area contributed by atoms with Crippen molar-refractivity contribution in [1.82, 2.24) is 5.32 Å². The van der Waals surface area contributed by atoms with E-state index in [4.69, 9.17) is 0 Å².